The number of carbonyl (C=O) groups is 2. The molecule has 0 saturated carbocycles. The Kier molecular flexibility index (Phi) is 6.67. The molecule has 1 heterocycles. The monoisotopic (exact) mass is 350 g/mol. The van der Waals surface area contributed by atoms with Gasteiger partial charge in [-0.15, -0.1) is 0 Å². The van der Waals surface area contributed by atoms with Crippen LogP contribution in [0, 0.1) is 0 Å². The quantitative estimate of drug-likeness (QED) is 0.883. The second-order valence-corrected chi connectivity index (χ2v) is 7.59. The van der Waals surface area contributed by atoms with E-state index in [0.717, 1.165) is 31.2 Å². The number of nitrogens with zero attached hydrogens (tertiary/aromatic N) is 1. The minimum Gasteiger partial charge on any atom is -0.354 e. The third-order valence-electron chi connectivity index (χ3n) is 4.59. The average Bonchev–Trinajstić information content (AvgIpc) is 2.53. The zero-order chi connectivity index (χ0) is 17.6. The molecule has 0 unspecified atom stereocenters. The van der Waals surface area contributed by atoms with E-state index in [-0.39, 0.29) is 23.8 Å². The van der Waals surface area contributed by atoms with Crippen molar-refractivity contribution in [3.05, 3.63) is 34.9 Å². The summed E-state index contributed by atoms with van der Waals surface area (Å²) in [6, 6.07) is 7.70. The van der Waals surface area contributed by atoms with E-state index in [1.165, 1.54) is 0 Å². The van der Waals surface area contributed by atoms with Gasteiger partial charge in [0.15, 0.2) is 0 Å². The summed E-state index contributed by atoms with van der Waals surface area (Å²) in [5.41, 5.74) is 0.860. The molecule has 1 aromatic carbocycles. The summed E-state index contributed by atoms with van der Waals surface area (Å²) in [6.07, 6.45) is 4.71. The van der Waals surface area contributed by atoms with Gasteiger partial charge < -0.3 is 10.2 Å². The van der Waals surface area contributed by atoms with Crippen LogP contribution in [-0.2, 0) is 15.0 Å². The van der Waals surface area contributed by atoms with E-state index in [1.807, 2.05) is 24.3 Å². The van der Waals surface area contributed by atoms with Crippen molar-refractivity contribution in [1.82, 2.24) is 10.2 Å². The molecule has 0 atom stereocenters. The normalized spacial score (nSPS) is 16.5. The Hall–Kier alpha value is -1.55. The van der Waals surface area contributed by atoms with E-state index in [4.69, 9.17) is 11.6 Å². The summed E-state index contributed by atoms with van der Waals surface area (Å²) in [6.45, 7) is 5.49. The molecule has 2 amide bonds. The van der Waals surface area contributed by atoms with Crippen molar-refractivity contribution in [2.45, 2.75) is 51.4 Å². The molecule has 0 bridgehead atoms. The van der Waals surface area contributed by atoms with Crippen LogP contribution in [0.5, 0.6) is 0 Å². The predicted octanol–water partition coefficient (Wildman–Crippen LogP) is 3.53. The molecule has 0 radical (unpaired) electrons. The molecule has 132 valence electrons. The summed E-state index contributed by atoms with van der Waals surface area (Å²) in [4.78, 5) is 26.1. The van der Waals surface area contributed by atoms with E-state index in [9.17, 15) is 9.59 Å². The van der Waals surface area contributed by atoms with E-state index in [0.29, 0.717) is 24.5 Å². The number of rotatable bonds is 5. The number of halogens is 1. The molecule has 5 heteroatoms. The summed E-state index contributed by atoms with van der Waals surface area (Å²) < 4.78 is 0. The highest BCUT2D eigenvalue weighted by Gasteiger charge is 2.23. The van der Waals surface area contributed by atoms with Crippen molar-refractivity contribution in [2.75, 3.05) is 19.6 Å². The Labute approximate surface area is 149 Å². The van der Waals surface area contributed by atoms with Crippen LogP contribution in [0.4, 0.5) is 0 Å². The highest BCUT2D eigenvalue weighted by atomic mass is 35.5. The van der Waals surface area contributed by atoms with Crippen molar-refractivity contribution in [3.63, 3.8) is 0 Å². The highest BCUT2D eigenvalue weighted by Crippen LogP contribution is 2.24. The molecule has 1 aliphatic heterocycles. The van der Waals surface area contributed by atoms with Gasteiger partial charge in [-0.1, -0.05) is 50.4 Å². The van der Waals surface area contributed by atoms with Gasteiger partial charge in [-0.2, -0.15) is 0 Å². The second-order valence-electron chi connectivity index (χ2n) is 7.15. The maximum Gasteiger partial charge on any atom is 0.239 e. The summed E-state index contributed by atoms with van der Waals surface area (Å²) in [5.74, 6) is -0.00187. The molecule has 0 aliphatic carbocycles. The first-order chi connectivity index (χ1) is 11.4. The zero-order valence-electron chi connectivity index (χ0n) is 14.6. The standard InChI is InChI=1S/C19H27ClN2O2/c1-19(2,15-8-7-9-16(20)12-15)14-21-17(23)13-22-11-6-4-3-5-10-18(22)24/h7-9,12H,3-6,10-11,13-14H2,1-2H3,(H,21,23). The second kappa shape index (κ2) is 8.52. The van der Waals surface area contributed by atoms with Crippen LogP contribution in [0.2, 0.25) is 5.02 Å². The Bertz CT molecular complexity index is 586. The van der Waals surface area contributed by atoms with E-state index in [1.54, 1.807) is 4.90 Å². The number of carbonyl (C=O) groups excluding carboxylic acids is 2. The van der Waals surface area contributed by atoms with Gasteiger partial charge in [0.1, 0.15) is 0 Å². The SMILES string of the molecule is CC(C)(CNC(=O)CN1CCCCCCC1=O)c1cccc(Cl)c1. The Morgan fingerprint density at radius 3 is 2.75 bits per heavy atom. The van der Waals surface area contributed by atoms with Gasteiger partial charge in [0.05, 0.1) is 6.54 Å². The summed E-state index contributed by atoms with van der Waals surface area (Å²) >= 11 is 6.06. The Morgan fingerprint density at radius 2 is 2.00 bits per heavy atom. The lowest BCUT2D eigenvalue weighted by molar-refractivity contribution is -0.136. The van der Waals surface area contributed by atoms with Crippen LogP contribution in [0.1, 0.15) is 51.5 Å². The van der Waals surface area contributed by atoms with Gasteiger partial charge in [-0.05, 0) is 30.5 Å². The molecule has 4 nitrogen and oxygen atoms in total. The van der Waals surface area contributed by atoms with Crippen LogP contribution in [0.15, 0.2) is 24.3 Å². The molecule has 1 fully saturated rings. The topological polar surface area (TPSA) is 49.4 Å². The molecule has 0 aromatic heterocycles. The number of amides is 2. The van der Waals surface area contributed by atoms with Crippen molar-refractivity contribution in [1.29, 1.82) is 0 Å². The maximum atomic E-state index is 12.3. The number of benzene rings is 1. The van der Waals surface area contributed by atoms with Crippen LogP contribution in [-0.4, -0.2) is 36.3 Å². The average molecular weight is 351 g/mol. The van der Waals surface area contributed by atoms with E-state index < -0.39 is 0 Å². The first-order valence-corrected chi connectivity index (χ1v) is 9.07. The predicted molar refractivity (Wildman–Crippen MR) is 97.2 cm³/mol. The van der Waals surface area contributed by atoms with Crippen LogP contribution >= 0.6 is 11.6 Å². The molecule has 0 spiro atoms. The third kappa shape index (κ3) is 5.52. The highest BCUT2D eigenvalue weighted by molar-refractivity contribution is 6.30. The van der Waals surface area contributed by atoms with Crippen molar-refractivity contribution < 1.29 is 9.59 Å². The molecule has 2 rings (SSSR count). The lowest BCUT2D eigenvalue weighted by atomic mass is 9.84. The minimum absolute atomic E-state index is 0.0963. The lowest BCUT2D eigenvalue weighted by Crippen LogP contribution is -2.44. The molecule has 24 heavy (non-hydrogen) atoms. The fourth-order valence-corrected chi connectivity index (χ4v) is 3.13. The first-order valence-electron chi connectivity index (χ1n) is 8.69. The van der Waals surface area contributed by atoms with E-state index >= 15 is 0 Å². The fraction of sp³-hybridized carbons (Fsp3) is 0.579. The van der Waals surface area contributed by atoms with E-state index in [2.05, 4.69) is 19.2 Å². The van der Waals surface area contributed by atoms with Gasteiger partial charge in [0.25, 0.3) is 0 Å². The fourth-order valence-electron chi connectivity index (χ4n) is 2.94. The number of likely N-dealkylation sites (tertiary alicyclic amines) is 1. The maximum absolute atomic E-state index is 12.3. The zero-order valence-corrected chi connectivity index (χ0v) is 15.4. The number of hydrogen-bond donors (Lipinski definition) is 1. The number of nitrogens with one attached hydrogen (secondary N) is 1. The van der Waals surface area contributed by atoms with Crippen molar-refractivity contribution >= 4 is 23.4 Å². The molecule has 1 aromatic rings. The Balaban J connectivity index is 1.88. The van der Waals surface area contributed by atoms with Crippen LogP contribution in [0.25, 0.3) is 0 Å². The van der Waals surface area contributed by atoms with Gasteiger partial charge in [-0.3, -0.25) is 9.59 Å². The molecule has 1 aliphatic rings. The molecule has 1 saturated heterocycles. The lowest BCUT2D eigenvalue weighted by Gasteiger charge is -2.28. The molecule has 1 N–H and O–H groups in total. The van der Waals surface area contributed by atoms with Crippen molar-refractivity contribution in [2.24, 2.45) is 0 Å². The van der Waals surface area contributed by atoms with Crippen molar-refractivity contribution in [3.8, 4) is 0 Å². The summed E-state index contributed by atoms with van der Waals surface area (Å²) in [7, 11) is 0. The van der Waals surface area contributed by atoms with Gasteiger partial charge in [0, 0.05) is 29.9 Å². The minimum atomic E-state index is -0.221. The number of hydrogen-bond acceptors (Lipinski definition) is 2. The third-order valence-corrected chi connectivity index (χ3v) is 4.82. The van der Waals surface area contributed by atoms with Gasteiger partial charge >= 0.3 is 0 Å². The first kappa shape index (κ1) is 18.8. The van der Waals surface area contributed by atoms with Gasteiger partial charge in [-0.25, -0.2) is 0 Å². The van der Waals surface area contributed by atoms with Crippen LogP contribution in [0.3, 0.4) is 0 Å². The largest absolute Gasteiger partial charge is 0.354 e. The molecular formula is C19H27ClN2O2. The van der Waals surface area contributed by atoms with Gasteiger partial charge in [0.2, 0.25) is 11.8 Å². The molecular weight excluding hydrogens is 324 g/mol. The summed E-state index contributed by atoms with van der Waals surface area (Å²) in [5, 5.41) is 3.66. The smallest absolute Gasteiger partial charge is 0.239 e. The Morgan fingerprint density at radius 1 is 1.25 bits per heavy atom. The van der Waals surface area contributed by atoms with Crippen LogP contribution < -0.4 is 5.32 Å².